The molecule has 5 nitrogen and oxygen atoms in total. The van der Waals surface area contributed by atoms with Crippen molar-refractivity contribution < 1.29 is 18.9 Å². The molecule has 0 radical (unpaired) electrons. The van der Waals surface area contributed by atoms with Gasteiger partial charge in [0.2, 0.25) is 0 Å². The smallest absolute Gasteiger partial charge is 0.179 e. The molecular weight excluding hydrogens is 374 g/mol. The zero-order valence-electron chi connectivity index (χ0n) is 19.8. The van der Waals surface area contributed by atoms with E-state index in [1.54, 1.807) is 0 Å². The Morgan fingerprint density at radius 2 is 0.778 bits per heavy atom. The molecule has 0 rings (SSSR count). The average Bonchev–Trinajstić information content (AvgIpc) is 2.60. The van der Waals surface area contributed by atoms with Gasteiger partial charge in [-0.15, -0.1) is 0 Å². The SMILES string of the molecule is CCCOC(C)(OCCC)C(C)([SiH3])NC(C)([SiH3])C(C)(OCCC)OCCC. The van der Waals surface area contributed by atoms with E-state index < -0.39 is 11.6 Å². The van der Waals surface area contributed by atoms with Gasteiger partial charge in [-0.1, -0.05) is 27.7 Å². The third-order valence-electron chi connectivity index (χ3n) is 5.22. The number of nitrogens with one attached hydrogen (secondary N) is 1. The first-order chi connectivity index (χ1) is 12.4. The van der Waals surface area contributed by atoms with Gasteiger partial charge in [0.25, 0.3) is 0 Å². The van der Waals surface area contributed by atoms with E-state index in [0.717, 1.165) is 46.2 Å². The summed E-state index contributed by atoms with van der Waals surface area (Å²) in [5.74, 6) is -1.35. The van der Waals surface area contributed by atoms with Crippen molar-refractivity contribution in [2.24, 2.45) is 0 Å². The number of hydrogen-bond donors (Lipinski definition) is 1. The van der Waals surface area contributed by atoms with Gasteiger partial charge in [-0.25, -0.2) is 0 Å². The lowest BCUT2D eigenvalue weighted by Crippen LogP contribution is -2.74. The van der Waals surface area contributed by atoms with Crippen molar-refractivity contribution in [1.29, 1.82) is 0 Å². The maximum Gasteiger partial charge on any atom is 0.179 e. The van der Waals surface area contributed by atoms with Crippen LogP contribution in [0.2, 0.25) is 0 Å². The normalized spacial score (nSPS) is 17.8. The zero-order valence-corrected chi connectivity index (χ0v) is 23.8. The van der Waals surface area contributed by atoms with Crippen LogP contribution < -0.4 is 5.32 Å². The molecule has 164 valence electrons. The number of hydrogen-bond acceptors (Lipinski definition) is 5. The van der Waals surface area contributed by atoms with Crippen molar-refractivity contribution in [2.75, 3.05) is 26.4 Å². The highest BCUT2D eigenvalue weighted by molar-refractivity contribution is 6.19. The average molecular weight is 422 g/mol. The third kappa shape index (κ3) is 7.87. The van der Waals surface area contributed by atoms with Crippen LogP contribution in [0.25, 0.3) is 0 Å². The van der Waals surface area contributed by atoms with Crippen LogP contribution in [0.1, 0.15) is 81.1 Å². The van der Waals surface area contributed by atoms with E-state index in [1.165, 1.54) is 0 Å². The summed E-state index contributed by atoms with van der Waals surface area (Å²) in [5.41, 5.74) is 0. The second-order valence-electron chi connectivity index (χ2n) is 8.66. The molecule has 0 fully saturated rings. The summed E-state index contributed by atoms with van der Waals surface area (Å²) in [6.45, 7) is 19.8. The van der Waals surface area contributed by atoms with Gasteiger partial charge in [0.1, 0.15) is 0 Å². The van der Waals surface area contributed by atoms with E-state index in [9.17, 15) is 0 Å². The minimum atomic E-state index is -0.673. The lowest BCUT2D eigenvalue weighted by Gasteiger charge is -2.52. The van der Waals surface area contributed by atoms with Crippen molar-refractivity contribution in [2.45, 2.75) is 103 Å². The first-order valence-electron chi connectivity index (χ1n) is 10.8. The highest BCUT2D eigenvalue weighted by Gasteiger charge is 2.51. The fourth-order valence-corrected chi connectivity index (χ4v) is 5.33. The van der Waals surface area contributed by atoms with Crippen LogP contribution >= 0.6 is 0 Å². The zero-order chi connectivity index (χ0) is 21.2. The van der Waals surface area contributed by atoms with Crippen LogP contribution in [-0.4, -0.2) is 68.8 Å². The summed E-state index contributed by atoms with van der Waals surface area (Å²) in [4.78, 5) is 0. The summed E-state index contributed by atoms with van der Waals surface area (Å²) in [6.07, 6.45) is 3.88. The van der Waals surface area contributed by atoms with Crippen molar-refractivity contribution in [3.8, 4) is 0 Å². The van der Waals surface area contributed by atoms with Crippen LogP contribution in [0.15, 0.2) is 0 Å². The van der Waals surface area contributed by atoms with Crippen LogP contribution in [0.4, 0.5) is 0 Å². The summed E-state index contributed by atoms with van der Waals surface area (Å²) < 4.78 is 25.0. The molecule has 0 aliphatic heterocycles. The van der Waals surface area contributed by atoms with Crippen LogP contribution in [0.5, 0.6) is 0 Å². The molecule has 0 saturated carbocycles. The summed E-state index contributed by atoms with van der Waals surface area (Å²) in [7, 11) is 1.73. The van der Waals surface area contributed by atoms with E-state index >= 15 is 0 Å². The van der Waals surface area contributed by atoms with Crippen molar-refractivity contribution in [3.63, 3.8) is 0 Å². The van der Waals surface area contributed by atoms with Crippen LogP contribution in [-0.2, 0) is 18.9 Å². The molecule has 0 aliphatic rings. The van der Waals surface area contributed by atoms with Gasteiger partial charge >= 0.3 is 0 Å². The molecule has 2 atom stereocenters. The van der Waals surface area contributed by atoms with Crippen molar-refractivity contribution >= 4 is 20.5 Å². The van der Waals surface area contributed by atoms with Gasteiger partial charge < -0.3 is 24.3 Å². The second-order valence-corrected chi connectivity index (χ2v) is 12.7. The molecule has 0 heterocycles. The van der Waals surface area contributed by atoms with Gasteiger partial charge in [0, 0.05) is 46.9 Å². The maximum absolute atomic E-state index is 6.25. The highest BCUT2D eigenvalue weighted by atomic mass is 28.2. The molecule has 0 aromatic carbocycles. The fraction of sp³-hybridized carbons (Fsp3) is 1.00. The quantitative estimate of drug-likeness (QED) is 0.305. The van der Waals surface area contributed by atoms with Gasteiger partial charge in [0.15, 0.2) is 11.6 Å². The Morgan fingerprint density at radius 1 is 0.556 bits per heavy atom. The molecule has 0 aromatic rings. The van der Waals surface area contributed by atoms with Gasteiger partial charge in [-0.2, -0.15) is 0 Å². The van der Waals surface area contributed by atoms with Crippen molar-refractivity contribution in [3.05, 3.63) is 0 Å². The Balaban J connectivity index is 5.60. The van der Waals surface area contributed by atoms with Gasteiger partial charge in [-0.05, 0) is 53.4 Å². The summed E-state index contributed by atoms with van der Waals surface area (Å²) in [5, 5.41) is 3.29. The standard InChI is InChI=1S/C20H47NO4Si2/c1-9-13-22-19(7,23-14-10-2)17(5,26)21-18(6,27)20(8,24-15-11-3)25-16-12-4/h21H,9-16H2,1-8,26-27H3. The predicted molar refractivity (Wildman–Crippen MR) is 122 cm³/mol. The lowest BCUT2D eigenvalue weighted by molar-refractivity contribution is -0.274. The molecule has 0 aliphatic carbocycles. The molecule has 7 heteroatoms. The molecule has 2 unspecified atom stereocenters. The molecule has 0 amide bonds. The van der Waals surface area contributed by atoms with Gasteiger partial charge in [-0.3, -0.25) is 0 Å². The molecular formula is C20H47NO4Si2. The van der Waals surface area contributed by atoms with E-state index in [2.05, 4.69) is 60.7 Å². The lowest BCUT2D eigenvalue weighted by atomic mass is 10.0. The Labute approximate surface area is 174 Å². The van der Waals surface area contributed by atoms with Crippen molar-refractivity contribution in [1.82, 2.24) is 5.32 Å². The van der Waals surface area contributed by atoms with E-state index in [1.807, 2.05) is 0 Å². The largest absolute Gasteiger partial charge is 0.349 e. The topological polar surface area (TPSA) is 49.0 Å². The van der Waals surface area contributed by atoms with E-state index in [4.69, 9.17) is 18.9 Å². The Bertz CT molecular complexity index is 353. The molecule has 0 spiro atoms. The number of ether oxygens (including phenoxy) is 4. The second kappa shape index (κ2) is 12.0. The first kappa shape index (κ1) is 27.2. The molecule has 27 heavy (non-hydrogen) atoms. The Kier molecular flexibility index (Phi) is 12.2. The number of rotatable bonds is 16. The third-order valence-corrected chi connectivity index (χ3v) is 7.54. The monoisotopic (exact) mass is 421 g/mol. The Hall–Kier alpha value is 0.234. The summed E-state index contributed by atoms with van der Waals surface area (Å²) >= 11 is 0. The fourth-order valence-electron chi connectivity index (χ4n) is 3.00. The summed E-state index contributed by atoms with van der Waals surface area (Å²) in [6, 6.07) is 0. The molecule has 0 saturated heterocycles. The molecule has 0 bridgehead atoms. The first-order valence-corrected chi connectivity index (χ1v) is 12.8. The predicted octanol–water partition coefficient (Wildman–Crippen LogP) is 1.88. The highest BCUT2D eigenvalue weighted by Crippen LogP contribution is 2.33. The molecule has 0 aromatic heterocycles. The molecule has 1 N–H and O–H groups in total. The van der Waals surface area contributed by atoms with Gasteiger partial charge in [0.05, 0.1) is 10.3 Å². The van der Waals surface area contributed by atoms with E-state index in [-0.39, 0.29) is 10.3 Å². The maximum atomic E-state index is 6.25. The minimum Gasteiger partial charge on any atom is -0.349 e. The van der Waals surface area contributed by atoms with Crippen LogP contribution in [0.3, 0.4) is 0 Å². The Morgan fingerprint density at radius 3 is 0.963 bits per heavy atom. The van der Waals surface area contributed by atoms with E-state index in [0.29, 0.717) is 26.4 Å². The minimum absolute atomic E-state index is 0.291. The van der Waals surface area contributed by atoms with Crippen LogP contribution in [0, 0.1) is 0 Å².